The lowest BCUT2D eigenvalue weighted by Crippen LogP contribution is -2.52. The SMILES string of the molecule is CCC(C)(C#N)C(=O)N1CC(C)OC(C)C1. The fourth-order valence-corrected chi connectivity index (χ4v) is 1.97. The van der Waals surface area contributed by atoms with E-state index in [9.17, 15) is 4.79 Å². The van der Waals surface area contributed by atoms with Crippen molar-refractivity contribution >= 4 is 5.91 Å². The Morgan fingerprint density at radius 2 is 2.00 bits per heavy atom. The largest absolute Gasteiger partial charge is 0.372 e. The van der Waals surface area contributed by atoms with Crippen molar-refractivity contribution in [1.82, 2.24) is 4.90 Å². The van der Waals surface area contributed by atoms with Gasteiger partial charge in [-0.15, -0.1) is 0 Å². The van der Waals surface area contributed by atoms with E-state index >= 15 is 0 Å². The van der Waals surface area contributed by atoms with Crippen molar-refractivity contribution in [2.24, 2.45) is 5.41 Å². The molecule has 90 valence electrons. The molecule has 4 heteroatoms. The van der Waals surface area contributed by atoms with Gasteiger partial charge in [0.15, 0.2) is 0 Å². The standard InChI is InChI=1S/C12H20N2O2/c1-5-12(4,8-13)11(15)14-6-9(2)16-10(3)7-14/h9-10H,5-7H2,1-4H3. The predicted molar refractivity (Wildman–Crippen MR) is 60.6 cm³/mol. The van der Waals surface area contributed by atoms with Gasteiger partial charge in [0, 0.05) is 13.1 Å². The van der Waals surface area contributed by atoms with Crippen LogP contribution >= 0.6 is 0 Å². The first kappa shape index (κ1) is 13.0. The van der Waals surface area contributed by atoms with E-state index in [-0.39, 0.29) is 18.1 Å². The summed E-state index contributed by atoms with van der Waals surface area (Å²) < 4.78 is 5.57. The summed E-state index contributed by atoms with van der Waals surface area (Å²) in [5, 5.41) is 9.09. The average Bonchev–Trinajstić information content (AvgIpc) is 2.25. The van der Waals surface area contributed by atoms with Crippen LogP contribution in [-0.4, -0.2) is 36.1 Å². The molecule has 1 rings (SSSR count). The van der Waals surface area contributed by atoms with Crippen LogP contribution in [0.3, 0.4) is 0 Å². The summed E-state index contributed by atoms with van der Waals surface area (Å²) in [6.45, 7) is 8.65. The molecule has 1 aliphatic heterocycles. The van der Waals surface area contributed by atoms with Crippen molar-refractivity contribution < 1.29 is 9.53 Å². The van der Waals surface area contributed by atoms with Gasteiger partial charge in [0.25, 0.3) is 0 Å². The lowest BCUT2D eigenvalue weighted by atomic mass is 9.87. The Kier molecular flexibility index (Phi) is 3.93. The fraction of sp³-hybridized carbons (Fsp3) is 0.833. The maximum atomic E-state index is 12.2. The molecule has 0 saturated carbocycles. The molecule has 4 nitrogen and oxygen atoms in total. The minimum absolute atomic E-state index is 0.0486. The van der Waals surface area contributed by atoms with Gasteiger partial charge in [-0.25, -0.2) is 0 Å². The van der Waals surface area contributed by atoms with Crippen molar-refractivity contribution in [1.29, 1.82) is 5.26 Å². The molecule has 1 heterocycles. The van der Waals surface area contributed by atoms with Crippen molar-refractivity contribution in [3.05, 3.63) is 0 Å². The molecule has 3 atom stereocenters. The summed E-state index contributed by atoms with van der Waals surface area (Å²) in [5.74, 6) is -0.0699. The molecular formula is C12H20N2O2. The monoisotopic (exact) mass is 224 g/mol. The third kappa shape index (κ3) is 2.53. The summed E-state index contributed by atoms with van der Waals surface area (Å²) in [7, 11) is 0. The minimum atomic E-state index is -0.892. The maximum absolute atomic E-state index is 12.2. The fourth-order valence-electron chi connectivity index (χ4n) is 1.97. The van der Waals surface area contributed by atoms with Gasteiger partial charge in [-0.1, -0.05) is 6.92 Å². The lowest BCUT2D eigenvalue weighted by molar-refractivity contribution is -0.150. The molecule has 0 aliphatic carbocycles. The molecule has 1 fully saturated rings. The van der Waals surface area contributed by atoms with Gasteiger partial charge in [0.05, 0.1) is 18.3 Å². The van der Waals surface area contributed by atoms with Crippen LogP contribution in [0.25, 0.3) is 0 Å². The Labute approximate surface area is 97.2 Å². The highest BCUT2D eigenvalue weighted by atomic mass is 16.5. The minimum Gasteiger partial charge on any atom is -0.372 e. The number of nitriles is 1. The third-order valence-corrected chi connectivity index (χ3v) is 3.13. The molecule has 1 aliphatic rings. The molecule has 0 aromatic carbocycles. The number of ether oxygens (including phenoxy) is 1. The highest BCUT2D eigenvalue weighted by Gasteiger charge is 2.37. The van der Waals surface area contributed by atoms with E-state index in [0.29, 0.717) is 19.5 Å². The summed E-state index contributed by atoms with van der Waals surface area (Å²) in [6.07, 6.45) is 0.641. The quantitative estimate of drug-likeness (QED) is 0.715. The first-order valence-corrected chi connectivity index (χ1v) is 5.79. The molecule has 3 unspecified atom stereocenters. The zero-order valence-corrected chi connectivity index (χ0v) is 10.5. The van der Waals surface area contributed by atoms with Crippen LogP contribution in [0.15, 0.2) is 0 Å². The number of carbonyl (C=O) groups is 1. The Balaban J connectivity index is 2.78. The number of hydrogen-bond donors (Lipinski definition) is 0. The van der Waals surface area contributed by atoms with E-state index in [2.05, 4.69) is 6.07 Å². The van der Waals surface area contributed by atoms with Crippen molar-refractivity contribution in [2.75, 3.05) is 13.1 Å². The summed E-state index contributed by atoms with van der Waals surface area (Å²) >= 11 is 0. The Bertz CT molecular complexity index is 301. The molecular weight excluding hydrogens is 204 g/mol. The number of amides is 1. The summed E-state index contributed by atoms with van der Waals surface area (Å²) in [6, 6.07) is 2.12. The van der Waals surface area contributed by atoms with Crippen LogP contribution in [0, 0.1) is 16.7 Å². The van der Waals surface area contributed by atoms with Gasteiger partial charge in [-0.05, 0) is 27.2 Å². The van der Waals surface area contributed by atoms with Crippen molar-refractivity contribution in [3.63, 3.8) is 0 Å². The van der Waals surface area contributed by atoms with Gasteiger partial charge in [-0.3, -0.25) is 4.79 Å². The van der Waals surface area contributed by atoms with Gasteiger partial charge in [-0.2, -0.15) is 5.26 Å². The molecule has 0 aromatic rings. The molecule has 0 N–H and O–H groups in total. The zero-order chi connectivity index (χ0) is 12.3. The smallest absolute Gasteiger partial charge is 0.242 e. The first-order valence-electron chi connectivity index (χ1n) is 5.79. The second-order valence-corrected chi connectivity index (χ2v) is 4.76. The van der Waals surface area contributed by atoms with Crippen molar-refractivity contribution in [2.45, 2.75) is 46.3 Å². The topological polar surface area (TPSA) is 53.3 Å². The van der Waals surface area contributed by atoms with E-state index in [4.69, 9.17) is 10.00 Å². The number of nitrogens with zero attached hydrogens (tertiary/aromatic N) is 2. The molecule has 0 spiro atoms. The summed E-state index contributed by atoms with van der Waals surface area (Å²) in [4.78, 5) is 14.0. The molecule has 1 amide bonds. The van der Waals surface area contributed by atoms with E-state index in [0.717, 1.165) is 0 Å². The Morgan fingerprint density at radius 1 is 1.50 bits per heavy atom. The molecule has 0 radical (unpaired) electrons. The van der Waals surface area contributed by atoms with Crippen LogP contribution in [0.1, 0.15) is 34.1 Å². The average molecular weight is 224 g/mol. The lowest BCUT2D eigenvalue weighted by Gasteiger charge is -2.38. The van der Waals surface area contributed by atoms with Gasteiger partial charge in [0.1, 0.15) is 5.41 Å². The van der Waals surface area contributed by atoms with Gasteiger partial charge in [0.2, 0.25) is 5.91 Å². The van der Waals surface area contributed by atoms with E-state index in [1.54, 1.807) is 11.8 Å². The number of carbonyl (C=O) groups excluding carboxylic acids is 1. The number of morpholine rings is 1. The van der Waals surface area contributed by atoms with Crippen LogP contribution in [0.2, 0.25) is 0 Å². The van der Waals surface area contributed by atoms with Crippen LogP contribution in [0.5, 0.6) is 0 Å². The second-order valence-electron chi connectivity index (χ2n) is 4.76. The first-order chi connectivity index (χ1) is 7.42. The number of rotatable bonds is 2. The van der Waals surface area contributed by atoms with Crippen LogP contribution in [-0.2, 0) is 9.53 Å². The van der Waals surface area contributed by atoms with E-state index in [1.165, 1.54) is 0 Å². The van der Waals surface area contributed by atoms with Gasteiger partial charge >= 0.3 is 0 Å². The Hall–Kier alpha value is -1.08. The molecule has 0 bridgehead atoms. The summed E-state index contributed by atoms with van der Waals surface area (Å²) in [5.41, 5.74) is -0.892. The van der Waals surface area contributed by atoms with Crippen LogP contribution < -0.4 is 0 Å². The second kappa shape index (κ2) is 4.84. The molecule has 0 aromatic heterocycles. The predicted octanol–water partition coefficient (Wildman–Crippen LogP) is 1.56. The molecule has 16 heavy (non-hydrogen) atoms. The third-order valence-electron chi connectivity index (χ3n) is 3.13. The normalized spacial score (nSPS) is 29.3. The molecule has 1 saturated heterocycles. The van der Waals surface area contributed by atoms with Gasteiger partial charge < -0.3 is 9.64 Å². The number of hydrogen-bond acceptors (Lipinski definition) is 3. The van der Waals surface area contributed by atoms with E-state index < -0.39 is 5.41 Å². The van der Waals surface area contributed by atoms with E-state index in [1.807, 2.05) is 20.8 Å². The maximum Gasteiger partial charge on any atom is 0.242 e. The highest BCUT2D eigenvalue weighted by molar-refractivity contribution is 5.85. The zero-order valence-electron chi connectivity index (χ0n) is 10.5. The van der Waals surface area contributed by atoms with Crippen molar-refractivity contribution in [3.8, 4) is 6.07 Å². The highest BCUT2D eigenvalue weighted by Crippen LogP contribution is 2.25. The van der Waals surface area contributed by atoms with Crippen LogP contribution in [0.4, 0.5) is 0 Å². The Morgan fingerprint density at radius 3 is 2.38 bits per heavy atom.